The highest BCUT2D eigenvalue weighted by molar-refractivity contribution is 6.28. The van der Waals surface area contributed by atoms with Gasteiger partial charge < -0.3 is 20.9 Å². The zero-order valence-electron chi connectivity index (χ0n) is 12.1. The zero-order chi connectivity index (χ0) is 16.3. The molecule has 2 rings (SSSR count). The van der Waals surface area contributed by atoms with Crippen molar-refractivity contribution in [3.8, 4) is 17.0 Å². The molecule has 2 aromatic rings. The summed E-state index contributed by atoms with van der Waals surface area (Å²) < 4.78 is 10.2. The van der Waals surface area contributed by atoms with Crippen LogP contribution >= 0.6 is 11.6 Å². The minimum Gasteiger partial charge on any atom is -0.468 e. The Morgan fingerprint density at radius 3 is 2.73 bits per heavy atom. The van der Waals surface area contributed by atoms with Crippen molar-refractivity contribution in [2.45, 2.75) is 6.92 Å². The van der Waals surface area contributed by atoms with Gasteiger partial charge in [-0.15, -0.1) is 0 Å². The predicted octanol–water partition coefficient (Wildman–Crippen LogP) is 1.77. The predicted molar refractivity (Wildman–Crippen MR) is 82.6 cm³/mol. The SMILES string of the molecule is COCOc1ccc(C)c(-c2nc(Cl)nc(C(N)=O)c2N)c1. The molecule has 7 nitrogen and oxygen atoms in total. The monoisotopic (exact) mass is 322 g/mol. The number of aromatic nitrogens is 2. The molecule has 0 aliphatic rings. The van der Waals surface area contributed by atoms with E-state index >= 15 is 0 Å². The summed E-state index contributed by atoms with van der Waals surface area (Å²) in [5.41, 5.74) is 13.0. The lowest BCUT2D eigenvalue weighted by atomic mass is 10.0. The standard InChI is InChI=1S/C14H15ClN4O3/c1-7-3-4-8(22-6-21-2)5-9(7)11-10(16)12(13(17)20)19-14(15)18-11/h3-5H,6,16H2,1-2H3,(H2,17,20). The highest BCUT2D eigenvalue weighted by Gasteiger charge is 2.18. The van der Waals surface area contributed by atoms with Crippen LogP contribution in [0.4, 0.5) is 5.69 Å². The van der Waals surface area contributed by atoms with Crippen LogP contribution in [0.1, 0.15) is 16.1 Å². The molecule has 0 saturated heterocycles. The zero-order valence-corrected chi connectivity index (χ0v) is 12.8. The van der Waals surface area contributed by atoms with Crippen LogP contribution in [0.25, 0.3) is 11.3 Å². The van der Waals surface area contributed by atoms with Crippen LogP contribution < -0.4 is 16.2 Å². The second-order valence-corrected chi connectivity index (χ2v) is 4.83. The van der Waals surface area contributed by atoms with Gasteiger partial charge in [0.05, 0.1) is 11.4 Å². The first-order valence-electron chi connectivity index (χ1n) is 6.29. The molecule has 22 heavy (non-hydrogen) atoms. The molecule has 0 saturated carbocycles. The number of halogens is 1. The minimum absolute atomic E-state index is 0.0730. The van der Waals surface area contributed by atoms with Crippen LogP contribution in [-0.2, 0) is 4.74 Å². The molecule has 0 bridgehead atoms. The maximum atomic E-state index is 11.4. The number of carbonyl (C=O) groups is 1. The molecule has 1 amide bonds. The van der Waals surface area contributed by atoms with Crippen molar-refractivity contribution in [1.82, 2.24) is 9.97 Å². The molecule has 0 aliphatic carbocycles. The summed E-state index contributed by atoms with van der Waals surface area (Å²) in [6, 6.07) is 5.35. The van der Waals surface area contributed by atoms with E-state index in [0.29, 0.717) is 17.0 Å². The number of nitrogen functional groups attached to an aromatic ring is 1. The van der Waals surface area contributed by atoms with Gasteiger partial charge in [0.2, 0.25) is 5.28 Å². The molecular weight excluding hydrogens is 308 g/mol. The van der Waals surface area contributed by atoms with Gasteiger partial charge in [-0.3, -0.25) is 4.79 Å². The van der Waals surface area contributed by atoms with Crippen molar-refractivity contribution in [1.29, 1.82) is 0 Å². The summed E-state index contributed by atoms with van der Waals surface area (Å²) in [7, 11) is 1.52. The Balaban J connectivity index is 2.58. The van der Waals surface area contributed by atoms with Crippen LogP contribution in [-0.4, -0.2) is 29.8 Å². The van der Waals surface area contributed by atoms with Gasteiger partial charge in [0.1, 0.15) is 5.75 Å². The van der Waals surface area contributed by atoms with Crippen molar-refractivity contribution in [2.24, 2.45) is 5.73 Å². The minimum atomic E-state index is -0.771. The summed E-state index contributed by atoms with van der Waals surface area (Å²) in [5.74, 6) is -0.204. The highest BCUT2D eigenvalue weighted by Crippen LogP contribution is 2.32. The number of carbonyl (C=O) groups excluding carboxylic acids is 1. The molecule has 1 aromatic carbocycles. The normalized spacial score (nSPS) is 10.5. The van der Waals surface area contributed by atoms with Crippen LogP contribution in [0.15, 0.2) is 18.2 Å². The van der Waals surface area contributed by atoms with Gasteiger partial charge in [0, 0.05) is 12.7 Å². The van der Waals surface area contributed by atoms with Crippen molar-refractivity contribution in [2.75, 3.05) is 19.6 Å². The number of methoxy groups -OCH3 is 1. The molecule has 0 radical (unpaired) electrons. The van der Waals surface area contributed by atoms with E-state index in [1.54, 1.807) is 12.1 Å². The third-order valence-electron chi connectivity index (χ3n) is 2.96. The number of primary amides is 1. The number of nitrogens with two attached hydrogens (primary N) is 2. The number of ether oxygens (including phenoxy) is 2. The summed E-state index contributed by atoms with van der Waals surface area (Å²) in [5, 5.41) is -0.111. The maximum Gasteiger partial charge on any atom is 0.269 e. The van der Waals surface area contributed by atoms with Crippen molar-refractivity contribution < 1.29 is 14.3 Å². The fraction of sp³-hybridized carbons (Fsp3) is 0.214. The fourth-order valence-electron chi connectivity index (χ4n) is 1.91. The van der Waals surface area contributed by atoms with E-state index in [4.69, 9.17) is 32.5 Å². The first-order chi connectivity index (χ1) is 10.4. The maximum absolute atomic E-state index is 11.4. The number of amides is 1. The lowest BCUT2D eigenvalue weighted by Gasteiger charge is -2.12. The number of aryl methyl sites for hydroxylation is 1. The fourth-order valence-corrected chi connectivity index (χ4v) is 2.08. The van der Waals surface area contributed by atoms with E-state index in [1.165, 1.54) is 7.11 Å². The molecule has 4 N–H and O–H groups in total. The van der Waals surface area contributed by atoms with Crippen LogP contribution in [0.2, 0.25) is 5.28 Å². The van der Waals surface area contributed by atoms with E-state index in [-0.39, 0.29) is 23.5 Å². The third kappa shape index (κ3) is 3.26. The number of rotatable bonds is 5. The second-order valence-electron chi connectivity index (χ2n) is 4.50. The molecular formula is C14H15ClN4O3. The largest absolute Gasteiger partial charge is 0.468 e. The molecule has 0 spiro atoms. The molecule has 1 heterocycles. The Bertz CT molecular complexity index is 721. The van der Waals surface area contributed by atoms with Gasteiger partial charge in [0.25, 0.3) is 5.91 Å². The Morgan fingerprint density at radius 2 is 2.09 bits per heavy atom. The first kappa shape index (κ1) is 16.0. The third-order valence-corrected chi connectivity index (χ3v) is 3.13. The van der Waals surface area contributed by atoms with Gasteiger partial charge in [0.15, 0.2) is 12.5 Å². The van der Waals surface area contributed by atoms with Crippen molar-refractivity contribution >= 4 is 23.2 Å². The first-order valence-corrected chi connectivity index (χ1v) is 6.67. The van der Waals surface area contributed by atoms with Crippen LogP contribution in [0.5, 0.6) is 5.75 Å². The molecule has 8 heteroatoms. The molecule has 116 valence electrons. The van der Waals surface area contributed by atoms with E-state index in [0.717, 1.165) is 5.56 Å². The lowest BCUT2D eigenvalue weighted by molar-refractivity contribution is 0.0511. The van der Waals surface area contributed by atoms with Gasteiger partial charge in [-0.25, -0.2) is 9.97 Å². The lowest BCUT2D eigenvalue weighted by Crippen LogP contribution is -2.17. The topological polar surface area (TPSA) is 113 Å². The number of hydrogen-bond donors (Lipinski definition) is 2. The van der Waals surface area contributed by atoms with Crippen molar-refractivity contribution in [3.63, 3.8) is 0 Å². The Kier molecular flexibility index (Phi) is 4.79. The Labute approximate surface area is 132 Å². The average molecular weight is 323 g/mol. The molecule has 0 atom stereocenters. The van der Waals surface area contributed by atoms with E-state index in [9.17, 15) is 4.79 Å². The number of benzene rings is 1. The van der Waals surface area contributed by atoms with Gasteiger partial charge in [-0.05, 0) is 36.2 Å². The average Bonchev–Trinajstić information content (AvgIpc) is 2.48. The van der Waals surface area contributed by atoms with E-state index < -0.39 is 5.91 Å². The van der Waals surface area contributed by atoms with Crippen LogP contribution in [0, 0.1) is 6.92 Å². The second kappa shape index (κ2) is 6.59. The van der Waals surface area contributed by atoms with E-state index in [1.807, 2.05) is 13.0 Å². The molecule has 0 fully saturated rings. The molecule has 0 unspecified atom stereocenters. The number of hydrogen-bond acceptors (Lipinski definition) is 6. The summed E-state index contributed by atoms with van der Waals surface area (Å²) in [6.45, 7) is 1.98. The van der Waals surface area contributed by atoms with Crippen molar-refractivity contribution in [3.05, 3.63) is 34.7 Å². The van der Waals surface area contributed by atoms with Gasteiger partial charge in [-0.1, -0.05) is 6.07 Å². The summed E-state index contributed by atoms with van der Waals surface area (Å²) >= 11 is 5.85. The van der Waals surface area contributed by atoms with Crippen LogP contribution in [0.3, 0.4) is 0 Å². The number of nitrogens with zero attached hydrogens (tertiary/aromatic N) is 2. The molecule has 1 aromatic heterocycles. The van der Waals surface area contributed by atoms with Gasteiger partial charge in [-0.2, -0.15) is 0 Å². The Morgan fingerprint density at radius 1 is 1.36 bits per heavy atom. The quantitative estimate of drug-likeness (QED) is 0.640. The Hall–Kier alpha value is -2.38. The highest BCUT2D eigenvalue weighted by atomic mass is 35.5. The van der Waals surface area contributed by atoms with Gasteiger partial charge >= 0.3 is 0 Å². The van der Waals surface area contributed by atoms with E-state index in [2.05, 4.69) is 9.97 Å². The molecule has 0 aliphatic heterocycles. The number of anilines is 1. The summed E-state index contributed by atoms with van der Waals surface area (Å²) in [6.07, 6.45) is 0. The summed E-state index contributed by atoms with van der Waals surface area (Å²) in [4.78, 5) is 19.3. The smallest absolute Gasteiger partial charge is 0.269 e.